The summed E-state index contributed by atoms with van der Waals surface area (Å²) in [5.41, 5.74) is 4.74. The summed E-state index contributed by atoms with van der Waals surface area (Å²) in [7, 11) is 0. The van der Waals surface area contributed by atoms with E-state index in [0.717, 1.165) is 25.7 Å². The fourth-order valence-electron chi connectivity index (χ4n) is 4.31. The predicted molar refractivity (Wildman–Crippen MR) is 156 cm³/mol. The molecule has 0 aliphatic heterocycles. The second kappa shape index (κ2) is 12.9. The van der Waals surface area contributed by atoms with Crippen LogP contribution in [0, 0.1) is 0 Å². The average Bonchev–Trinajstić information content (AvgIpc) is 3.49. The molecule has 5 aromatic rings. The van der Waals surface area contributed by atoms with Crippen LogP contribution in [0.4, 0.5) is 0 Å². The molecular weight excluding hydrogens is 516 g/mol. The fourth-order valence-corrected chi connectivity index (χ4v) is 4.31. The van der Waals surface area contributed by atoms with Crippen LogP contribution in [0.3, 0.4) is 0 Å². The number of hydrogen-bond acceptors (Lipinski definition) is 7. The van der Waals surface area contributed by atoms with Crippen LogP contribution >= 0.6 is 0 Å². The smallest absolute Gasteiger partial charge is 0.343 e. The largest absolute Gasteiger partial charge is 0.423 e. The van der Waals surface area contributed by atoms with Gasteiger partial charge in [-0.05, 0) is 96.8 Å². The predicted octanol–water partition coefficient (Wildman–Crippen LogP) is 7.75. The first-order valence-corrected chi connectivity index (χ1v) is 13.7. The van der Waals surface area contributed by atoms with Crippen molar-refractivity contribution in [2.75, 3.05) is 0 Å². The Balaban J connectivity index is 1.19. The van der Waals surface area contributed by atoms with E-state index in [1.165, 1.54) is 11.1 Å². The van der Waals surface area contributed by atoms with Crippen molar-refractivity contribution in [1.82, 2.24) is 10.2 Å². The Labute approximate surface area is 238 Å². The molecule has 0 aliphatic carbocycles. The van der Waals surface area contributed by atoms with Gasteiger partial charge < -0.3 is 13.9 Å². The molecule has 7 heteroatoms. The topological polar surface area (TPSA) is 91.5 Å². The van der Waals surface area contributed by atoms with Crippen LogP contribution in [0.2, 0.25) is 0 Å². The van der Waals surface area contributed by atoms with Gasteiger partial charge in [-0.2, -0.15) is 0 Å². The van der Waals surface area contributed by atoms with Gasteiger partial charge in [0.05, 0.1) is 11.1 Å². The lowest BCUT2D eigenvalue weighted by Crippen LogP contribution is -2.08. The quantitative estimate of drug-likeness (QED) is 0.131. The Bertz CT molecular complexity index is 1480. The lowest BCUT2D eigenvalue weighted by molar-refractivity contribution is 0.0725. The van der Waals surface area contributed by atoms with Gasteiger partial charge in [0, 0.05) is 11.1 Å². The van der Waals surface area contributed by atoms with E-state index in [1.807, 2.05) is 24.3 Å². The molecule has 1 aromatic heterocycles. The summed E-state index contributed by atoms with van der Waals surface area (Å²) in [6, 6.07) is 28.7. The van der Waals surface area contributed by atoms with Crippen molar-refractivity contribution in [3.63, 3.8) is 0 Å². The van der Waals surface area contributed by atoms with E-state index in [2.05, 4.69) is 24.0 Å². The molecule has 4 aromatic carbocycles. The molecule has 0 atom stereocenters. The Morgan fingerprint density at radius 2 is 0.927 bits per heavy atom. The number of aryl methyl sites for hydroxylation is 2. The van der Waals surface area contributed by atoms with Crippen molar-refractivity contribution in [2.45, 2.75) is 39.5 Å². The maximum atomic E-state index is 12.5. The minimum Gasteiger partial charge on any atom is -0.423 e. The van der Waals surface area contributed by atoms with E-state index in [-0.39, 0.29) is 0 Å². The molecule has 0 bridgehead atoms. The highest BCUT2D eigenvalue weighted by atomic mass is 16.5. The van der Waals surface area contributed by atoms with Gasteiger partial charge >= 0.3 is 11.9 Å². The highest BCUT2D eigenvalue weighted by Gasteiger charge is 2.14. The molecule has 41 heavy (non-hydrogen) atoms. The molecule has 1 heterocycles. The van der Waals surface area contributed by atoms with Gasteiger partial charge in [0.15, 0.2) is 0 Å². The van der Waals surface area contributed by atoms with Crippen LogP contribution in [0.5, 0.6) is 11.5 Å². The zero-order chi connectivity index (χ0) is 28.6. The molecule has 206 valence electrons. The van der Waals surface area contributed by atoms with E-state index >= 15 is 0 Å². The Morgan fingerprint density at radius 3 is 1.27 bits per heavy atom. The molecular formula is C34H30N2O5. The number of rotatable bonds is 10. The first-order chi connectivity index (χ1) is 20.0. The summed E-state index contributed by atoms with van der Waals surface area (Å²) in [5, 5.41) is 8.29. The normalized spacial score (nSPS) is 10.8. The van der Waals surface area contributed by atoms with Crippen molar-refractivity contribution in [1.29, 1.82) is 0 Å². The summed E-state index contributed by atoms with van der Waals surface area (Å²) in [6.45, 7) is 4.24. The summed E-state index contributed by atoms with van der Waals surface area (Å²) in [6.07, 6.45) is 4.06. The highest BCUT2D eigenvalue weighted by Crippen LogP contribution is 2.27. The molecule has 0 radical (unpaired) electrons. The Hall–Kier alpha value is -5.04. The van der Waals surface area contributed by atoms with Gasteiger partial charge in [-0.15, -0.1) is 10.2 Å². The SMILES string of the molecule is CCCc1ccc(C(=O)Oc2ccc(-c3nnc(-c4ccc(OC(=O)c5ccc(CCC)cc5)cc4)o3)cc2)cc1. The number of carbonyl (C=O) groups excluding carboxylic acids is 2. The van der Waals surface area contributed by atoms with Crippen molar-refractivity contribution in [3.8, 4) is 34.4 Å². The number of carbonyl (C=O) groups is 2. The van der Waals surface area contributed by atoms with Crippen molar-refractivity contribution in [3.05, 3.63) is 119 Å². The van der Waals surface area contributed by atoms with Crippen LogP contribution in [0.25, 0.3) is 22.9 Å². The molecule has 5 rings (SSSR count). The number of nitrogens with zero attached hydrogens (tertiary/aromatic N) is 2. The number of esters is 2. The zero-order valence-electron chi connectivity index (χ0n) is 23.0. The number of benzene rings is 4. The van der Waals surface area contributed by atoms with Gasteiger partial charge in [0.25, 0.3) is 0 Å². The summed E-state index contributed by atoms with van der Waals surface area (Å²) < 4.78 is 16.9. The molecule has 0 unspecified atom stereocenters. The van der Waals surface area contributed by atoms with Gasteiger partial charge in [0.2, 0.25) is 11.8 Å². The van der Waals surface area contributed by atoms with E-state index in [9.17, 15) is 9.59 Å². The molecule has 0 fully saturated rings. The fraction of sp³-hybridized carbons (Fsp3) is 0.176. The van der Waals surface area contributed by atoms with Gasteiger partial charge in [-0.25, -0.2) is 9.59 Å². The second-order valence-corrected chi connectivity index (χ2v) is 9.63. The van der Waals surface area contributed by atoms with Gasteiger partial charge in [0.1, 0.15) is 11.5 Å². The van der Waals surface area contributed by atoms with Crippen molar-refractivity contribution < 1.29 is 23.5 Å². The first-order valence-electron chi connectivity index (χ1n) is 13.7. The lowest BCUT2D eigenvalue weighted by atomic mass is 10.1. The van der Waals surface area contributed by atoms with Crippen LogP contribution in [-0.2, 0) is 12.8 Å². The van der Waals surface area contributed by atoms with E-state index in [0.29, 0.717) is 45.5 Å². The zero-order valence-corrected chi connectivity index (χ0v) is 23.0. The van der Waals surface area contributed by atoms with Crippen molar-refractivity contribution >= 4 is 11.9 Å². The number of hydrogen-bond donors (Lipinski definition) is 0. The number of aromatic nitrogens is 2. The maximum absolute atomic E-state index is 12.5. The average molecular weight is 547 g/mol. The lowest BCUT2D eigenvalue weighted by Gasteiger charge is -2.06. The molecule has 7 nitrogen and oxygen atoms in total. The highest BCUT2D eigenvalue weighted by molar-refractivity contribution is 5.91. The molecule has 0 spiro atoms. The summed E-state index contributed by atoms with van der Waals surface area (Å²) in [4.78, 5) is 25.0. The maximum Gasteiger partial charge on any atom is 0.343 e. The van der Waals surface area contributed by atoms with Crippen LogP contribution in [0.15, 0.2) is 101 Å². The van der Waals surface area contributed by atoms with E-state index < -0.39 is 11.9 Å². The number of ether oxygens (including phenoxy) is 2. The molecule has 0 saturated carbocycles. The third kappa shape index (κ3) is 6.94. The standard InChI is InChI=1S/C34H30N2O5/c1-3-5-23-7-11-27(12-8-23)33(37)39-29-19-15-25(16-20-29)31-35-36-32(41-31)26-17-21-30(22-18-26)40-34(38)28-13-9-24(6-4-2)10-14-28/h7-22H,3-6H2,1-2H3. The molecule has 0 amide bonds. The van der Waals surface area contributed by atoms with Crippen molar-refractivity contribution in [2.24, 2.45) is 0 Å². The Morgan fingerprint density at radius 1 is 0.561 bits per heavy atom. The molecule has 0 N–H and O–H groups in total. The van der Waals surface area contributed by atoms with Crippen LogP contribution in [0.1, 0.15) is 58.5 Å². The third-order valence-corrected chi connectivity index (χ3v) is 6.51. The van der Waals surface area contributed by atoms with E-state index in [4.69, 9.17) is 13.9 Å². The third-order valence-electron chi connectivity index (χ3n) is 6.51. The molecule has 0 aliphatic rings. The second-order valence-electron chi connectivity index (χ2n) is 9.63. The molecule has 0 saturated heterocycles. The Kier molecular flexibility index (Phi) is 8.64. The van der Waals surface area contributed by atoms with Crippen LogP contribution < -0.4 is 9.47 Å². The van der Waals surface area contributed by atoms with Gasteiger partial charge in [-0.1, -0.05) is 51.0 Å². The minimum atomic E-state index is -0.417. The monoisotopic (exact) mass is 546 g/mol. The van der Waals surface area contributed by atoms with E-state index in [1.54, 1.807) is 72.8 Å². The van der Waals surface area contributed by atoms with Gasteiger partial charge in [-0.3, -0.25) is 0 Å². The van der Waals surface area contributed by atoms with Crippen LogP contribution in [-0.4, -0.2) is 22.1 Å². The summed E-state index contributed by atoms with van der Waals surface area (Å²) in [5.74, 6) is 0.647. The minimum absolute atomic E-state index is 0.325. The summed E-state index contributed by atoms with van der Waals surface area (Å²) >= 11 is 0. The first kappa shape index (κ1) is 27.5.